The van der Waals surface area contributed by atoms with Crippen LogP contribution in [0.1, 0.15) is 12.0 Å². The molecule has 102 valence electrons. The average Bonchev–Trinajstić information content (AvgIpc) is 2.85. The Kier molecular flexibility index (Phi) is 3.42. The summed E-state index contributed by atoms with van der Waals surface area (Å²) in [5.74, 6) is 1.40. The molecule has 0 radical (unpaired) electrons. The van der Waals surface area contributed by atoms with Crippen molar-refractivity contribution in [3.8, 4) is 0 Å². The second-order valence-corrected chi connectivity index (χ2v) is 5.71. The summed E-state index contributed by atoms with van der Waals surface area (Å²) in [6.07, 6.45) is 1.12. The maximum atomic E-state index is 12.3. The van der Waals surface area contributed by atoms with Gasteiger partial charge in [-0.05, 0) is 56.0 Å². The number of hydrogen-bond acceptors (Lipinski definition) is 2. The van der Waals surface area contributed by atoms with Gasteiger partial charge in [0.05, 0.1) is 0 Å². The lowest BCUT2D eigenvalue weighted by atomic mass is 9.89. The highest BCUT2D eigenvalue weighted by molar-refractivity contribution is 5.89. The number of likely N-dealkylation sites (tertiary alicyclic amines) is 1. The molecule has 1 aromatic carbocycles. The Bertz CT molecular complexity index is 474. The number of anilines is 1. The molecule has 2 aliphatic rings. The van der Waals surface area contributed by atoms with Crippen LogP contribution in [0.15, 0.2) is 24.3 Å². The molecule has 3 rings (SSSR count). The van der Waals surface area contributed by atoms with Crippen LogP contribution in [-0.2, 0) is 0 Å². The van der Waals surface area contributed by atoms with Gasteiger partial charge in [-0.2, -0.15) is 0 Å². The van der Waals surface area contributed by atoms with E-state index in [1.165, 1.54) is 0 Å². The Labute approximate surface area is 114 Å². The Hall–Kier alpha value is -1.55. The largest absolute Gasteiger partial charge is 0.324 e. The van der Waals surface area contributed by atoms with E-state index in [2.05, 4.69) is 10.6 Å². The van der Waals surface area contributed by atoms with Gasteiger partial charge in [-0.1, -0.05) is 12.1 Å². The number of piperidine rings is 1. The van der Waals surface area contributed by atoms with Crippen LogP contribution in [0.4, 0.5) is 10.5 Å². The third-order valence-electron chi connectivity index (χ3n) is 4.26. The van der Waals surface area contributed by atoms with Crippen molar-refractivity contribution in [2.75, 3.05) is 31.5 Å². The van der Waals surface area contributed by atoms with Gasteiger partial charge >= 0.3 is 6.03 Å². The van der Waals surface area contributed by atoms with Gasteiger partial charge in [-0.3, -0.25) is 0 Å². The summed E-state index contributed by atoms with van der Waals surface area (Å²) in [6.45, 7) is 5.97. The van der Waals surface area contributed by atoms with E-state index in [1.54, 1.807) is 0 Å². The van der Waals surface area contributed by atoms with Crippen LogP contribution in [0.25, 0.3) is 0 Å². The molecule has 0 saturated carbocycles. The number of nitrogens with zero attached hydrogens (tertiary/aromatic N) is 1. The number of rotatable bonds is 1. The highest BCUT2D eigenvalue weighted by Gasteiger charge is 2.34. The lowest BCUT2D eigenvalue weighted by Gasteiger charge is -2.34. The van der Waals surface area contributed by atoms with Crippen LogP contribution >= 0.6 is 0 Å². The highest BCUT2D eigenvalue weighted by atomic mass is 16.2. The zero-order valence-electron chi connectivity index (χ0n) is 11.4. The third-order valence-corrected chi connectivity index (χ3v) is 4.26. The maximum absolute atomic E-state index is 12.3. The maximum Gasteiger partial charge on any atom is 0.321 e. The number of aryl methyl sites for hydroxylation is 1. The molecule has 2 amide bonds. The number of benzene rings is 1. The van der Waals surface area contributed by atoms with Gasteiger partial charge in [0.2, 0.25) is 0 Å². The minimum absolute atomic E-state index is 0.0379. The van der Waals surface area contributed by atoms with Crippen LogP contribution in [0, 0.1) is 18.8 Å². The predicted molar refractivity (Wildman–Crippen MR) is 76.2 cm³/mol. The first-order valence-electron chi connectivity index (χ1n) is 7.05. The molecule has 2 fully saturated rings. The molecule has 19 heavy (non-hydrogen) atoms. The number of urea groups is 1. The summed E-state index contributed by atoms with van der Waals surface area (Å²) in [6, 6.07) is 7.98. The molecule has 2 atom stereocenters. The van der Waals surface area contributed by atoms with Gasteiger partial charge < -0.3 is 15.5 Å². The SMILES string of the molecule is Cc1cccc(NC(=O)N2CCC3CNCC3C2)c1. The number of fused-ring (bicyclic) bond motifs is 1. The fourth-order valence-electron chi connectivity index (χ4n) is 3.14. The van der Waals surface area contributed by atoms with Gasteiger partial charge in [0.15, 0.2) is 0 Å². The molecule has 2 unspecified atom stereocenters. The minimum Gasteiger partial charge on any atom is -0.324 e. The minimum atomic E-state index is 0.0379. The molecular formula is C15H21N3O. The molecular weight excluding hydrogens is 238 g/mol. The summed E-state index contributed by atoms with van der Waals surface area (Å²) in [5.41, 5.74) is 2.05. The van der Waals surface area contributed by atoms with Gasteiger partial charge in [-0.25, -0.2) is 4.79 Å². The molecule has 0 aromatic heterocycles. The Morgan fingerprint density at radius 2 is 2.21 bits per heavy atom. The summed E-state index contributed by atoms with van der Waals surface area (Å²) in [7, 11) is 0. The van der Waals surface area contributed by atoms with Crippen LogP contribution < -0.4 is 10.6 Å². The van der Waals surface area contributed by atoms with Crippen molar-refractivity contribution >= 4 is 11.7 Å². The lowest BCUT2D eigenvalue weighted by Crippen LogP contribution is -2.45. The van der Waals surface area contributed by atoms with Gasteiger partial charge in [0, 0.05) is 18.8 Å². The van der Waals surface area contributed by atoms with Gasteiger partial charge in [0.25, 0.3) is 0 Å². The predicted octanol–water partition coefficient (Wildman–Crippen LogP) is 2.07. The van der Waals surface area contributed by atoms with Crippen molar-refractivity contribution in [2.45, 2.75) is 13.3 Å². The van der Waals surface area contributed by atoms with E-state index in [0.29, 0.717) is 5.92 Å². The molecule has 0 aliphatic carbocycles. The fraction of sp³-hybridized carbons (Fsp3) is 0.533. The number of carbonyl (C=O) groups is 1. The molecule has 1 aromatic rings. The molecule has 0 spiro atoms. The van der Waals surface area contributed by atoms with Crippen molar-refractivity contribution in [1.82, 2.24) is 10.2 Å². The van der Waals surface area contributed by atoms with E-state index in [0.717, 1.165) is 49.8 Å². The Morgan fingerprint density at radius 1 is 1.37 bits per heavy atom. The van der Waals surface area contributed by atoms with Gasteiger partial charge in [-0.15, -0.1) is 0 Å². The van der Waals surface area contributed by atoms with E-state index >= 15 is 0 Å². The van der Waals surface area contributed by atoms with Crippen molar-refractivity contribution in [1.29, 1.82) is 0 Å². The number of carbonyl (C=O) groups excluding carboxylic acids is 1. The number of amides is 2. The van der Waals surface area contributed by atoms with Gasteiger partial charge in [0.1, 0.15) is 0 Å². The normalized spacial score (nSPS) is 26.1. The highest BCUT2D eigenvalue weighted by Crippen LogP contribution is 2.26. The summed E-state index contributed by atoms with van der Waals surface area (Å²) in [5, 5.41) is 6.42. The molecule has 4 heteroatoms. The summed E-state index contributed by atoms with van der Waals surface area (Å²) in [4.78, 5) is 14.2. The zero-order valence-corrected chi connectivity index (χ0v) is 11.4. The van der Waals surface area contributed by atoms with Crippen LogP contribution in [0.3, 0.4) is 0 Å². The van der Waals surface area contributed by atoms with Crippen molar-refractivity contribution in [2.24, 2.45) is 11.8 Å². The Morgan fingerprint density at radius 3 is 3.05 bits per heavy atom. The first-order valence-corrected chi connectivity index (χ1v) is 7.05. The molecule has 2 heterocycles. The number of nitrogens with one attached hydrogen (secondary N) is 2. The van der Waals surface area contributed by atoms with Crippen molar-refractivity contribution in [3.63, 3.8) is 0 Å². The molecule has 4 nitrogen and oxygen atoms in total. The first-order chi connectivity index (χ1) is 9.22. The molecule has 2 aliphatic heterocycles. The van der Waals surface area contributed by atoms with E-state index in [1.807, 2.05) is 36.1 Å². The molecule has 2 saturated heterocycles. The second-order valence-electron chi connectivity index (χ2n) is 5.71. The summed E-state index contributed by atoms with van der Waals surface area (Å²) >= 11 is 0. The van der Waals surface area contributed by atoms with Crippen LogP contribution in [0.5, 0.6) is 0 Å². The van der Waals surface area contributed by atoms with E-state index in [4.69, 9.17) is 0 Å². The first kappa shape index (κ1) is 12.5. The fourth-order valence-corrected chi connectivity index (χ4v) is 3.14. The molecule has 0 bridgehead atoms. The van der Waals surface area contributed by atoms with E-state index < -0.39 is 0 Å². The third kappa shape index (κ3) is 2.73. The monoisotopic (exact) mass is 259 g/mol. The topological polar surface area (TPSA) is 44.4 Å². The second kappa shape index (κ2) is 5.21. The van der Waals surface area contributed by atoms with Crippen molar-refractivity contribution in [3.05, 3.63) is 29.8 Å². The lowest BCUT2D eigenvalue weighted by molar-refractivity contribution is 0.161. The van der Waals surface area contributed by atoms with E-state index in [9.17, 15) is 4.79 Å². The quantitative estimate of drug-likeness (QED) is 0.811. The number of hydrogen-bond donors (Lipinski definition) is 2. The van der Waals surface area contributed by atoms with E-state index in [-0.39, 0.29) is 6.03 Å². The zero-order chi connectivity index (χ0) is 13.2. The Balaban J connectivity index is 1.61. The van der Waals surface area contributed by atoms with Crippen LogP contribution in [-0.4, -0.2) is 37.1 Å². The van der Waals surface area contributed by atoms with Crippen LogP contribution in [0.2, 0.25) is 0 Å². The van der Waals surface area contributed by atoms with Crippen molar-refractivity contribution < 1.29 is 4.79 Å². The smallest absolute Gasteiger partial charge is 0.321 e. The summed E-state index contributed by atoms with van der Waals surface area (Å²) < 4.78 is 0. The molecule has 2 N–H and O–H groups in total. The standard InChI is InChI=1S/C15H21N3O/c1-11-3-2-4-14(7-11)17-15(19)18-6-5-12-8-16-9-13(12)10-18/h2-4,7,12-13,16H,5-6,8-10H2,1H3,(H,17,19). The average molecular weight is 259 g/mol.